The molecule has 1 aliphatic rings. The average molecular weight is 439 g/mol. The first-order valence-electron chi connectivity index (χ1n) is 10.2. The first-order valence-corrected chi connectivity index (χ1v) is 11.1. The Morgan fingerprint density at radius 3 is 2.58 bits per heavy atom. The largest absolute Gasteiger partial charge is 0.487 e. The molecule has 1 N–H and O–H groups in total. The molecule has 1 aromatic heterocycles. The highest BCUT2D eigenvalue weighted by Gasteiger charge is 2.24. The zero-order valence-corrected chi connectivity index (χ0v) is 18.8. The van der Waals surface area contributed by atoms with Crippen molar-refractivity contribution < 1.29 is 19.0 Å². The maximum absolute atomic E-state index is 12.6. The van der Waals surface area contributed by atoms with Crippen LogP contribution in [0.4, 0.5) is 0 Å². The normalized spacial score (nSPS) is 13.0. The van der Waals surface area contributed by atoms with E-state index >= 15 is 0 Å². The van der Waals surface area contributed by atoms with Crippen LogP contribution in [0.5, 0.6) is 17.2 Å². The van der Waals surface area contributed by atoms with Crippen LogP contribution >= 0.6 is 11.3 Å². The molecule has 0 bridgehead atoms. The van der Waals surface area contributed by atoms with Crippen molar-refractivity contribution in [1.82, 2.24) is 10.3 Å². The molecule has 0 saturated carbocycles. The van der Waals surface area contributed by atoms with Gasteiger partial charge in [-0.05, 0) is 48.9 Å². The van der Waals surface area contributed by atoms with E-state index < -0.39 is 0 Å². The number of carbonyl (C=O) groups excluding carboxylic acids is 1. The van der Waals surface area contributed by atoms with Crippen LogP contribution in [0, 0.1) is 6.92 Å². The van der Waals surface area contributed by atoms with Gasteiger partial charge in [0.2, 0.25) is 0 Å². The molecular formula is C24H26N2O4S. The summed E-state index contributed by atoms with van der Waals surface area (Å²) in [6.45, 7) is 8.19. The number of hydrogen-bond donors (Lipinski definition) is 1. The van der Waals surface area contributed by atoms with Gasteiger partial charge >= 0.3 is 0 Å². The van der Waals surface area contributed by atoms with Gasteiger partial charge in [0.25, 0.3) is 5.91 Å². The predicted molar refractivity (Wildman–Crippen MR) is 120 cm³/mol. The lowest BCUT2D eigenvalue weighted by Crippen LogP contribution is -2.36. The number of carbonyl (C=O) groups is 1. The number of benzene rings is 2. The summed E-state index contributed by atoms with van der Waals surface area (Å²) >= 11 is 1.60. The van der Waals surface area contributed by atoms with Crippen molar-refractivity contribution in [2.75, 3.05) is 19.8 Å². The third kappa shape index (κ3) is 5.17. The quantitative estimate of drug-likeness (QED) is 0.588. The summed E-state index contributed by atoms with van der Waals surface area (Å²) in [5, 5.41) is 6.04. The Bertz CT molecular complexity index is 1060. The highest BCUT2D eigenvalue weighted by molar-refractivity contribution is 7.09. The number of fused-ring (bicyclic) bond motifs is 1. The number of nitrogens with one attached hydrogen (secondary N) is 1. The van der Waals surface area contributed by atoms with E-state index in [0.29, 0.717) is 37.7 Å². The second-order valence-electron chi connectivity index (χ2n) is 8.10. The highest BCUT2D eigenvalue weighted by Crippen LogP contribution is 2.35. The number of thiazole rings is 1. The minimum atomic E-state index is -0.264. The lowest BCUT2D eigenvalue weighted by atomic mass is 9.84. The van der Waals surface area contributed by atoms with Crippen molar-refractivity contribution in [3.63, 3.8) is 0 Å². The number of aromatic nitrogens is 1. The molecule has 0 spiro atoms. The summed E-state index contributed by atoms with van der Waals surface area (Å²) in [7, 11) is 0. The SMILES string of the molecule is Cc1nc(COc2ccc(C(=O)NCC(C)(C)c3ccc4c(c3)OCCO4)cc2)cs1. The Labute approximate surface area is 186 Å². The predicted octanol–water partition coefficient (Wildman–Crippen LogP) is 4.51. The van der Waals surface area contributed by atoms with E-state index in [1.165, 1.54) is 0 Å². The molecule has 0 aliphatic carbocycles. The van der Waals surface area contributed by atoms with E-state index in [9.17, 15) is 4.79 Å². The summed E-state index contributed by atoms with van der Waals surface area (Å²) in [6.07, 6.45) is 0. The van der Waals surface area contributed by atoms with Crippen molar-refractivity contribution >= 4 is 17.2 Å². The van der Waals surface area contributed by atoms with E-state index in [4.69, 9.17) is 14.2 Å². The van der Waals surface area contributed by atoms with Gasteiger partial charge in [-0.2, -0.15) is 0 Å². The van der Waals surface area contributed by atoms with Crippen LogP contribution in [0.2, 0.25) is 0 Å². The molecule has 2 heterocycles. The summed E-state index contributed by atoms with van der Waals surface area (Å²) in [4.78, 5) is 17.0. The lowest BCUT2D eigenvalue weighted by Gasteiger charge is -2.28. The van der Waals surface area contributed by atoms with Gasteiger partial charge in [-0.15, -0.1) is 11.3 Å². The lowest BCUT2D eigenvalue weighted by molar-refractivity contribution is 0.0945. The van der Waals surface area contributed by atoms with Crippen molar-refractivity contribution in [2.24, 2.45) is 0 Å². The highest BCUT2D eigenvalue weighted by atomic mass is 32.1. The van der Waals surface area contributed by atoms with Gasteiger partial charge in [-0.1, -0.05) is 19.9 Å². The summed E-state index contributed by atoms with van der Waals surface area (Å²) in [5.74, 6) is 2.11. The Morgan fingerprint density at radius 1 is 1.13 bits per heavy atom. The third-order valence-corrected chi connectivity index (χ3v) is 6.01. The van der Waals surface area contributed by atoms with Crippen molar-refractivity contribution in [1.29, 1.82) is 0 Å². The van der Waals surface area contributed by atoms with Crippen molar-refractivity contribution in [3.05, 3.63) is 69.7 Å². The number of aryl methyl sites for hydroxylation is 1. The van der Waals surface area contributed by atoms with Crippen LogP contribution in [-0.4, -0.2) is 30.6 Å². The molecule has 6 nitrogen and oxygen atoms in total. The molecule has 0 saturated heterocycles. The molecular weight excluding hydrogens is 412 g/mol. The van der Waals surface area contributed by atoms with Gasteiger partial charge in [-0.25, -0.2) is 4.98 Å². The first kappa shape index (κ1) is 21.2. The van der Waals surface area contributed by atoms with Crippen molar-refractivity contribution in [2.45, 2.75) is 32.8 Å². The van der Waals surface area contributed by atoms with Crippen LogP contribution in [0.3, 0.4) is 0 Å². The summed E-state index contributed by atoms with van der Waals surface area (Å²) < 4.78 is 17.0. The maximum atomic E-state index is 12.6. The molecule has 31 heavy (non-hydrogen) atoms. The Hall–Kier alpha value is -3.06. The Balaban J connectivity index is 1.33. The Morgan fingerprint density at radius 2 is 1.87 bits per heavy atom. The smallest absolute Gasteiger partial charge is 0.251 e. The topological polar surface area (TPSA) is 69.7 Å². The fraction of sp³-hybridized carbons (Fsp3) is 0.333. The molecule has 0 fully saturated rings. The van der Waals surface area contributed by atoms with Crippen LogP contribution in [0.25, 0.3) is 0 Å². The second-order valence-corrected chi connectivity index (χ2v) is 9.16. The van der Waals surface area contributed by atoms with E-state index in [1.807, 2.05) is 30.5 Å². The number of amides is 1. The number of hydrogen-bond acceptors (Lipinski definition) is 6. The standard InChI is InChI=1S/C24H26N2O4S/c1-16-26-19(14-31-16)13-30-20-7-4-17(5-8-20)23(27)25-15-24(2,3)18-6-9-21-22(12-18)29-11-10-28-21/h4-9,12,14H,10-11,13,15H2,1-3H3,(H,25,27). The molecule has 3 aromatic rings. The van der Waals surface area contributed by atoms with Gasteiger partial charge in [0.15, 0.2) is 11.5 Å². The average Bonchev–Trinajstić information content (AvgIpc) is 3.21. The molecule has 2 aromatic carbocycles. The van der Waals surface area contributed by atoms with Gasteiger partial charge in [0.05, 0.1) is 10.7 Å². The molecule has 0 atom stereocenters. The minimum absolute atomic E-state index is 0.118. The zero-order chi connectivity index (χ0) is 21.8. The van der Waals surface area contributed by atoms with Crippen LogP contribution in [-0.2, 0) is 12.0 Å². The van der Waals surface area contributed by atoms with Crippen LogP contribution < -0.4 is 19.5 Å². The molecule has 4 rings (SSSR count). The Kier molecular flexibility index (Phi) is 6.13. The van der Waals surface area contributed by atoms with E-state index in [2.05, 4.69) is 24.1 Å². The maximum Gasteiger partial charge on any atom is 0.251 e. The molecule has 0 radical (unpaired) electrons. The van der Waals surface area contributed by atoms with E-state index in [-0.39, 0.29) is 11.3 Å². The number of ether oxygens (including phenoxy) is 3. The monoisotopic (exact) mass is 438 g/mol. The van der Waals surface area contributed by atoms with Crippen LogP contribution in [0.15, 0.2) is 47.8 Å². The summed E-state index contributed by atoms with van der Waals surface area (Å²) in [5.41, 5.74) is 2.32. The zero-order valence-electron chi connectivity index (χ0n) is 17.9. The summed E-state index contributed by atoms with van der Waals surface area (Å²) in [6, 6.07) is 13.1. The third-order valence-electron chi connectivity index (χ3n) is 5.18. The second kappa shape index (κ2) is 8.98. The van der Waals surface area contributed by atoms with Gasteiger partial charge < -0.3 is 19.5 Å². The first-order chi connectivity index (χ1) is 14.9. The molecule has 1 aliphatic heterocycles. The molecule has 7 heteroatoms. The number of nitrogens with zero attached hydrogens (tertiary/aromatic N) is 1. The van der Waals surface area contributed by atoms with Crippen molar-refractivity contribution in [3.8, 4) is 17.2 Å². The molecule has 0 unspecified atom stereocenters. The fourth-order valence-electron chi connectivity index (χ4n) is 3.30. The minimum Gasteiger partial charge on any atom is -0.487 e. The number of rotatable bonds is 7. The fourth-order valence-corrected chi connectivity index (χ4v) is 3.90. The van der Waals surface area contributed by atoms with E-state index in [1.54, 1.807) is 35.6 Å². The van der Waals surface area contributed by atoms with Crippen LogP contribution in [0.1, 0.15) is 40.5 Å². The van der Waals surface area contributed by atoms with E-state index in [0.717, 1.165) is 27.8 Å². The van der Waals surface area contributed by atoms with Gasteiger partial charge in [0.1, 0.15) is 25.6 Å². The molecule has 1 amide bonds. The molecule has 162 valence electrons. The van der Waals surface area contributed by atoms with Gasteiger partial charge in [-0.3, -0.25) is 4.79 Å². The van der Waals surface area contributed by atoms with Gasteiger partial charge in [0, 0.05) is 22.9 Å².